The Hall–Kier alpha value is -0.580. The maximum absolute atomic E-state index is 10.8. The average molecular weight is 226 g/mol. The number of carbonyl (C=O) groups excluding carboxylic acids is 2. The number of hydrogen-bond acceptors (Lipinski definition) is 4. The van der Waals surface area contributed by atoms with Crippen molar-refractivity contribution in [3.63, 3.8) is 0 Å². The first kappa shape index (κ1) is 8.52. The topological polar surface area (TPSA) is 52.6 Å². The number of hydrogen-bond donors (Lipinski definition) is 0. The molecule has 0 heterocycles. The highest BCUT2D eigenvalue weighted by Crippen LogP contribution is 2.07. The fraction of sp³-hybridized carbons (Fsp3) is 0.667. The van der Waals surface area contributed by atoms with Crippen LogP contribution in [0.5, 0.6) is 0 Å². The number of methoxy groups -OCH3 is 2. The summed E-state index contributed by atoms with van der Waals surface area (Å²) in [6, 6.07) is 0. The molecule has 0 aromatic rings. The molecule has 0 radical (unpaired) electrons. The molecule has 4 nitrogen and oxygen atoms in total. The standard InChI is InChI=1S/C6H9BrO4/c1-10-5(8)3-4(7)6(9)11-2/h4H,3H2,1-2H3/t4-/m0/s1/i3D/t3-,4-. The van der Waals surface area contributed by atoms with Crippen LogP contribution in [0.25, 0.3) is 0 Å². The summed E-state index contributed by atoms with van der Waals surface area (Å²) in [4.78, 5) is 20.5. The summed E-state index contributed by atoms with van der Waals surface area (Å²) in [5, 5.41) is 0. The van der Waals surface area contributed by atoms with Crippen LogP contribution in [0.1, 0.15) is 7.77 Å². The Morgan fingerprint density at radius 3 is 2.45 bits per heavy atom. The quantitative estimate of drug-likeness (QED) is 0.519. The van der Waals surface area contributed by atoms with Crippen LogP contribution in [-0.4, -0.2) is 31.0 Å². The van der Waals surface area contributed by atoms with E-state index >= 15 is 0 Å². The number of carbonyl (C=O) groups is 2. The minimum absolute atomic E-state index is 0.666. The van der Waals surface area contributed by atoms with Crippen LogP contribution >= 0.6 is 15.9 Å². The van der Waals surface area contributed by atoms with Gasteiger partial charge in [-0.2, -0.15) is 0 Å². The molecule has 0 rings (SSSR count). The third-order valence-corrected chi connectivity index (χ3v) is 1.55. The molecule has 0 amide bonds. The van der Waals surface area contributed by atoms with Gasteiger partial charge in [0.25, 0.3) is 0 Å². The van der Waals surface area contributed by atoms with Crippen molar-refractivity contribution >= 4 is 27.9 Å². The van der Waals surface area contributed by atoms with Gasteiger partial charge in [-0.3, -0.25) is 9.59 Å². The summed E-state index contributed by atoms with van der Waals surface area (Å²) in [6.07, 6.45) is -1.29. The van der Waals surface area contributed by atoms with E-state index in [-0.39, 0.29) is 0 Å². The highest BCUT2D eigenvalue weighted by molar-refractivity contribution is 9.10. The number of esters is 2. The second-order valence-electron chi connectivity index (χ2n) is 1.61. The Morgan fingerprint density at radius 1 is 1.55 bits per heavy atom. The van der Waals surface area contributed by atoms with E-state index in [4.69, 9.17) is 1.37 Å². The molecule has 0 fully saturated rings. The van der Waals surface area contributed by atoms with Crippen molar-refractivity contribution in [1.82, 2.24) is 0 Å². The third-order valence-electron chi connectivity index (χ3n) is 0.910. The first-order valence-electron chi connectivity index (χ1n) is 3.34. The Bertz CT molecular complexity index is 164. The number of halogens is 1. The molecule has 11 heavy (non-hydrogen) atoms. The number of ether oxygens (including phenoxy) is 2. The van der Waals surface area contributed by atoms with E-state index < -0.39 is 23.2 Å². The van der Waals surface area contributed by atoms with Crippen molar-refractivity contribution in [3.8, 4) is 0 Å². The lowest BCUT2D eigenvalue weighted by atomic mass is 10.3. The van der Waals surface area contributed by atoms with E-state index in [2.05, 4.69) is 25.4 Å². The molecule has 0 saturated heterocycles. The van der Waals surface area contributed by atoms with Crippen LogP contribution in [0.15, 0.2) is 0 Å². The molecule has 0 aliphatic carbocycles. The average Bonchev–Trinajstić information content (AvgIpc) is 2.12. The van der Waals surface area contributed by atoms with Gasteiger partial charge in [-0.1, -0.05) is 15.9 Å². The maximum Gasteiger partial charge on any atom is 0.320 e. The highest BCUT2D eigenvalue weighted by atomic mass is 79.9. The molecule has 64 valence electrons. The van der Waals surface area contributed by atoms with Gasteiger partial charge in [0.05, 0.1) is 20.6 Å². The first-order valence-corrected chi connectivity index (χ1v) is 3.68. The summed E-state index contributed by atoms with van der Waals surface area (Å²) >= 11 is 2.85. The minimum Gasteiger partial charge on any atom is -0.469 e. The zero-order chi connectivity index (χ0) is 9.72. The predicted molar refractivity (Wildman–Crippen MR) is 41.4 cm³/mol. The molecule has 0 spiro atoms. The molecule has 0 aliphatic heterocycles. The van der Waals surface area contributed by atoms with Crippen LogP contribution in [0.2, 0.25) is 0 Å². The van der Waals surface area contributed by atoms with E-state index in [1.54, 1.807) is 0 Å². The first-order chi connectivity index (χ1) is 5.54. The van der Waals surface area contributed by atoms with Crippen molar-refractivity contribution in [2.45, 2.75) is 11.2 Å². The lowest BCUT2D eigenvalue weighted by Gasteiger charge is -2.04. The molecule has 5 heteroatoms. The fourth-order valence-electron chi connectivity index (χ4n) is 0.368. The van der Waals surface area contributed by atoms with Crippen molar-refractivity contribution in [2.75, 3.05) is 14.2 Å². The lowest BCUT2D eigenvalue weighted by Crippen LogP contribution is -2.19. The monoisotopic (exact) mass is 225 g/mol. The molecule has 0 bridgehead atoms. The third kappa shape index (κ3) is 3.98. The summed E-state index contributed by atoms with van der Waals surface area (Å²) in [7, 11) is 2.33. The van der Waals surface area contributed by atoms with E-state index in [0.29, 0.717) is 0 Å². The van der Waals surface area contributed by atoms with Gasteiger partial charge in [0.1, 0.15) is 4.83 Å². The van der Waals surface area contributed by atoms with Gasteiger partial charge < -0.3 is 9.47 Å². The van der Waals surface area contributed by atoms with Gasteiger partial charge in [0.2, 0.25) is 0 Å². The lowest BCUT2D eigenvalue weighted by molar-refractivity contribution is -0.146. The largest absolute Gasteiger partial charge is 0.469 e. The summed E-state index contributed by atoms with van der Waals surface area (Å²) in [5.74, 6) is -1.44. The van der Waals surface area contributed by atoms with Crippen molar-refractivity contribution in [3.05, 3.63) is 0 Å². The van der Waals surface area contributed by atoms with Gasteiger partial charge in [0.15, 0.2) is 0 Å². The number of rotatable bonds is 3. The van der Waals surface area contributed by atoms with E-state index in [9.17, 15) is 9.59 Å². The molecule has 0 aromatic carbocycles. The Morgan fingerprint density at radius 2 is 2.09 bits per heavy atom. The minimum atomic E-state index is -1.29. The Balaban J connectivity index is 4.18. The zero-order valence-electron chi connectivity index (χ0n) is 7.17. The van der Waals surface area contributed by atoms with Crippen molar-refractivity contribution in [2.24, 2.45) is 0 Å². The van der Waals surface area contributed by atoms with E-state index in [1.165, 1.54) is 7.11 Å². The van der Waals surface area contributed by atoms with Gasteiger partial charge in [0, 0.05) is 1.37 Å². The van der Waals surface area contributed by atoms with Crippen LogP contribution < -0.4 is 0 Å². The summed E-state index contributed by atoms with van der Waals surface area (Å²) in [5.41, 5.74) is 0. The van der Waals surface area contributed by atoms with Crippen molar-refractivity contribution < 1.29 is 20.4 Å². The zero-order valence-corrected chi connectivity index (χ0v) is 7.75. The van der Waals surface area contributed by atoms with Gasteiger partial charge >= 0.3 is 11.9 Å². The van der Waals surface area contributed by atoms with Crippen LogP contribution in [0.4, 0.5) is 0 Å². The molecular formula is C6H9BrO4. The Kier molecular flexibility index (Phi) is 3.96. The normalized spacial score (nSPS) is 16.1. The second kappa shape index (κ2) is 5.12. The van der Waals surface area contributed by atoms with E-state index in [1.807, 2.05) is 0 Å². The molecule has 0 N–H and O–H groups in total. The predicted octanol–water partition coefficient (Wildman–Crippen LogP) is 0.486. The molecule has 0 aliphatic rings. The molecule has 0 unspecified atom stereocenters. The number of alkyl halides is 1. The molecule has 0 saturated carbocycles. The van der Waals surface area contributed by atoms with Gasteiger partial charge in [-0.05, 0) is 0 Å². The second-order valence-corrected chi connectivity index (χ2v) is 2.60. The highest BCUT2D eigenvalue weighted by Gasteiger charge is 2.19. The van der Waals surface area contributed by atoms with Gasteiger partial charge in [-0.25, -0.2) is 0 Å². The van der Waals surface area contributed by atoms with Crippen molar-refractivity contribution in [1.29, 1.82) is 0 Å². The van der Waals surface area contributed by atoms with Crippen LogP contribution in [-0.2, 0) is 19.1 Å². The fourth-order valence-corrected chi connectivity index (χ4v) is 0.771. The Labute approximate surface area is 74.4 Å². The van der Waals surface area contributed by atoms with Crippen LogP contribution in [0.3, 0.4) is 0 Å². The molecular weight excluding hydrogens is 216 g/mol. The maximum atomic E-state index is 10.8. The van der Waals surface area contributed by atoms with E-state index in [0.717, 1.165) is 7.11 Å². The van der Waals surface area contributed by atoms with Crippen LogP contribution in [0, 0.1) is 0 Å². The SMILES string of the molecule is [2H][C@H](C(=O)OC)[C@H](Br)C(=O)OC. The summed E-state index contributed by atoms with van der Waals surface area (Å²) in [6.45, 7) is 0. The smallest absolute Gasteiger partial charge is 0.320 e. The van der Waals surface area contributed by atoms with Gasteiger partial charge in [-0.15, -0.1) is 0 Å². The summed E-state index contributed by atoms with van der Waals surface area (Å²) < 4.78 is 15.8. The molecule has 2 atom stereocenters. The molecule has 0 aromatic heterocycles.